The summed E-state index contributed by atoms with van der Waals surface area (Å²) in [6, 6.07) is 4.34. The minimum absolute atomic E-state index is 0.290. The van der Waals surface area contributed by atoms with Crippen molar-refractivity contribution in [2.75, 3.05) is 19.7 Å². The van der Waals surface area contributed by atoms with Gasteiger partial charge in [-0.2, -0.15) is 0 Å². The lowest BCUT2D eigenvalue weighted by Gasteiger charge is -2.17. The van der Waals surface area contributed by atoms with Crippen molar-refractivity contribution in [3.63, 3.8) is 0 Å². The van der Waals surface area contributed by atoms with Gasteiger partial charge in [0.2, 0.25) is 0 Å². The van der Waals surface area contributed by atoms with Gasteiger partial charge in [0.15, 0.2) is 0 Å². The van der Waals surface area contributed by atoms with Gasteiger partial charge in [0.1, 0.15) is 5.75 Å². The number of hydrogen-bond donors (Lipinski definition) is 1. The summed E-state index contributed by atoms with van der Waals surface area (Å²) in [5.74, 6) is 1.62. The largest absolute Gasteiger partial charge is 0.493 e. The van der Waals surface area contributed by atoms with E-state index in [9.17, 15) is 0 Å². The SMILES string of the molecule is CC1CN(Cc2cc(Cl)cc3c2OCC3)CC1N. The van der Waals surface area contributed by atoms with Crippen LogP contribution in [0.3, 0.4) is 0 Å². The van der Waals surface area contributed by atoms with Gasteiger partial charge in [-0.25, -0.2) is 0 Å². The van der Waals surface area contributed by atoms with E-state index < -0.39 is 0 Å². The molecule has 0 saturated carbocycles. The molecule has 2 atom stereocenters. The van der Waals surface area contributed by atoms with E-state index in [0.29, 0.717) is 5.92 Å². The molecule has 2 aliphatic rings. The molecule has 0 radical (unpaired) electrons. The molecule has 2 aliphatic heterocycles. The molecule has 98 valence electrons. The lowest BCUT2D eigenvalue weighted by molar-refractivity contribution is 0.304. The van der Waals surface area contributed by atoms with E-state index >= 15 is 0 Å². The molecule has 0 aliphatic carbocycles. The first kappa shape index (κ1) is 12.3. The van der Waals surface area contributed by atoms with Crippen LogP contribution in [0, 0.1) is 5.92 Å². The van der Waals surface area contributed by atoms with Gasteiger partial charge >= 0.3 is 0 Å². The highest BCUT2D eigenvalue weighted by Crippen LogP contribution is 2.34. The van der Waals surface area contributed by atoms with Gasteiger partial charge in [-0.05, 0) is 23.6 Å². The van der Waals surface area contributed by atoms with Gasteiger partial charge in [-0.15, -0.1) is 0 Å². The maximum absolute atomic E-state index is 6.17. The van der Waals surface area contributed by atoms with Gasteiger partial charge < -0.3 is 10.5 Å². The highest BCUT2D eigenvalue weighted by molar-refractivity contribution is 6.30. The average Bonchev–Trinajstić information content (AvgIpc) is 2.86. The topological polar surface area (TPSA) is 38.5 Å². The zero-order valence-electron chi connectivity index (χ0n) is 10.7. The second-order valence-electron chi connectivity index (χ2n) is 5.49. The highest BCUT2D eigenvalue weighted by Gasteiger charge is 2.28. The molecular weight excluding hydrogens is 248 g/mol. The Morgan fingerprint density at radius 1 is 1.44 bits per heavy atom. The van der Waals surface area contributed by atoms with Crippen molar-refractivity contribution in [1.29, 1.82) is 0 Å². The number of fused-ring (bicyclic) bond motifs is 1. The van der Waals surface area contributed by atoms with Crippen LogP contribution in [-0.4, -0.2) is 30.6 Å². The lowest BCUT2D eigenvalue weighted by atomic mass is 10.1. The molecule has 0 bridgehead atoms. The van der Waals surface area contributed by atoms with Crippen LogP contribution in [0.5, 0.6) is 5.75 Å². The van der Waals surface area contributed by atoms with Crippen LogP contribution in [0.4, 0.5) is 0 Å². The molecule has 18 heavy (non-hydrogen) atoms. The van der Waals surface area contributed by atoms with Crippen molar-refractivity contribution in [2.45, 2.75) is 25.9 Å². The molecular formula is C14H19ClN2O. The van der Waals surface area contributed by atoms with E-state index in [1.54, 1.807) is 0 Å². The number of hydrogen-bond acceptors (Lipinski definition) is 3. The highest BCUT2D eigenvalue weighted by atomic mass is 35.5. The van der Waals surface area contributed by atoms with E-state index in [4.69, 9.17) is 22.1 Å². The molecule has 0 amide bonds. The number of likely N-dealkylation sites (tertiary alicyclic amines) is 1. The number of rotatable bonds is 2. The van der Waals surface area contributed by atoms with Gasteiger partial charge in [0.25, 0.3) is 0 Å². The van der Waals surface area contributed by atoms with E-state index in [2.05, 4.69) is 11.8 Å². The van der Waals surface area contributed by atoms with E-state index in [0.717, 1.165) is 43.4 Å². The fourth-order valence-corrected chi connectivity index (χ4v) is 3.19. The van der Waals surface area contributed by atoms with Crippen molar-refractivity contribution < 1.29 is 4.74 Å². The van der Waals surface area contributed by atoms with Crippen LogP contribution >= 0.6 is 11.6 Å². The Hall–Kier alpha value is -0.770. The van der Waals surface area contributed by atoms with E-state index in [1.165, 1.54) is 11.1 Å². The zero-order valence-corrected chi connectivity index (χ0v) is 11.4. The van der Waals surface area contributed by atoms with Crippen molar-refractivity contribution in [1.82, 2.24) is 4.90 Å². The maximum Gasteiger partial charge on any atom is 0.127 e. The van der Waals surface area contributed by atoms with E-state index in [1.807, 2.05) is 12.1 Å². The molecule has 3 nitrogen and oxygen atoms in total. The Labute approximate surface area is 113 Å². The molecule has 2 unspecified atom stereocenters. The average molecular weight is 267 g/mol. The Bertz CT molecular complexity index is 453. The van der Waals surface area contributed by atoms with Gasteiger partial charge in [-0.3, -0.25) is 4.90 Å². The summed E-state index contributed by atoms with van der Waals surface area (Å²) in [5.41, 5.74) is 8.52. The predicted molar refractivity (Wildman–Crippen MR) is 73.1 cm³/mol. The van der Waals surface area contributed by atoms with Crippen LogP contribution in [0.15, 0.2) is 12.1 Å². The molecule has 0 spiro atoms. The second-order valence-corrected chi connectivity index (χ2v) is 5.92. The molecule has 2 heterocycles. The summed E-state index contributed by atoms with van der Waals surface area (Å²) in [7, 11) is 0. The van der Waals surface area contributed by atoms with Crippen molar-refractivity contribution in [2.24, 2.45) is 11.7 Å². The third-order valence-electron chi connectivity index (χ3n) is 3.97. The maximum atomic E-state index is 6.17. The Morgan fingerprint density at radius 3 is 3.00 bits per heavy atom. The smallest absolute Gasteiger partial charge is 0.127 e. The summed E-state index contributed by atoms with van der Waals surface area (Å²) in [4.78, 5) is 2.39. The molecule has 1 fully saturated rings. The number of nitrogens with two attached hydrogens (primary N) is 1. The fraction of sp³-hybridized carbons (Fsp3) is 0.571. The van der Waals surface area contributed by atoms with Crippen molar-refractivity contribution in [3.8, 4) is 5.75 Å². The van der Waals surface area contributed by atoms with Crippen LogP contribution in [0.25, 0.3) is 0 Å². The normalized spacial score (nSPS) is 27.3. The first-order valence-corrected chi connectivity index (χ1v) is 6.93. The quantitative estimate of drug-likeness (QED) is 0.891. The Balaban J connectivity index is 1.81. The first-order valence-electron chi connectivity index (χ1n) is 6.55. The first-order chi connectivity index (χ1) is 8.63. The van der Waals surface area contributed by atoms with E-state index in [-0.39, 0.29) is 6.04 Å². The zero-order chi connectivity index (χ0) is 12.7. The molecule has 1 aromatic rings. The number of benzene rings is 1. The Morgan fingerprint density at radius 2 is 2.28 bits per heavy atom. The molecule has 2 N–H and O–H groups in total. The summed E-state index contributed by atoms with van der Waals surface area (Å²) >= 11 is 6.17. The summed E-state index contributed by atoms with van der Waals surface area (Å²) in [5, 5.41) is 0.811. The minimum atomic E-state index is 0.290. The molecule has 4 heteroatoms. The van der Waals surface area contributed by atoms with Crippen LogP contribution < -0.4 is 10.5 Å². The lowest BCUT2D eigenvalue weighted by Crippen LogP contribution is -2.28. The number of halogens is 1. The monoisotopic (exact) mass is 266 g/mol. The van der Waals surface area contributed by atoms with Crippen LogP contribution in [0.1, 0.15) is 18.1 Å². The molecule has 3 rings (SSSR count). The van der Waals surface area contributed by atoms with Gasteiger partial charge in [0.05, 0.1) is 6.61 Å². The third kappa shape index (κ3) is 2.22. The molecule has 1 saturated heterocycles. The summed E-state index contributed by atoms with van der Waals surface area (Å²) in [6.45, 7) is 5.90. The Kier molecular flexibility index (Phi) is 3.22. The van der Waals surface area contributed by atoms with Crippen molar-refractivity contribution in [3.05, 3.63) is 28.3 Å². The van der Waals surface area contributed by atoms with Crippen molar-refractivity contribution >= 4 is 11.6 Å². The summed E-state index contributed by atoms with van der Waals surface area (Å²) in [6.07, 6.45) is 0.971. The second kappa shape index (κ2) is 4.72. The van der Waals surface area contributed by atoms with Gasteiger partial charge in [-0.1, -0.05) is 18.5 Å². The molecule has 1 aromatic carbocycles. The van der Waals surface area contributed by atoms with Crippen LogP contribution in [0.2, 0.25) is 5.02 Å². The minimum Gasteiger partial charge on any atom is -0.493 e. The summed E-state index contributed by atoms with van der Waals surface area (Å²) < 4.78 is 5.73. The number of ether oxygens (including phenoxy) is 1. The predicted octanol–water partition coefficient (Wildman–Crippen LogP) is 2.05. The van der Waals surface area contributed by atoms with Crippen LogP contribution in [-0.2, 0) is 13.0 Å². The third-order valence-corrected chi connectivity index (χ3v) is 4.18. The fourth-order valence-electron chi connectivity index (χ4n) is 2.93. The molecule has 0 aromatic heterocycles. The number of nitrogens with zero attached hydrogens (tertiary/aromatic N) is 1. The van der Waals surface area contributed by atoms with Gasteiger partial charge in [0, 0.05) is 42.7 Å². The standard InChI is InChI=1S/C14H19ClN2O/c1-9-6-17(8-13(9)16)7-11-5-12(15)4-10-2-3-18-14(10)11/h4-5,9,13H,2-3,6-8,16H2,1H3.